The highest BCUT2D eigenvalue weighted by Gasteiger charge is 2.57. The maximum atomic E-state index is 12.8. The first-order chi connectivity index (χ1) is 6.29. The van der Waals surface area contributed by atoms with Gasteiger partial charge in [-0.05, 0) is 24.7 Å². The summed E-state index contributed by atoms with van der Waals surface area (Å²) in [6.07, 6.45) is -2.10. The fraction of sp³-hybridized carbons (Fsp3) is 1.00. The Balaban J connectivity index is 2.91. The van der Waals surface area contributed by atoms with Crippen molar-refractivity contribution in [3.8, 4) is 0 Å². The first-order valence-electron chi connectivity index (χ1n) is 5.14. The van der Waals surface area contributed by atoms with Crippen LogP contribution in [-0.4, -0.2) is 11.7 Å². The van der Waals surface area contributed by atoms with Gasteiger partial charge in [0.25, 0.3) is 0 Å². The highest BCUT2D eigenvalue weighted by atomic mass is 19.4. The molecule has 1 nitrogen and oxygen atoms in total. The molecule has 1 aliphatic carbocycles. The molecule has 2 N–H and O–H groups in total. The van der Waals surface area contributed by atoms with Crippen molar-refractivity contribution >= 4 is 0 Å². The molecule has 1 rings (SSSR count). The second-order valence-corrected chi connectivity index (χ2v) is 4.63. The van der Waals surface area contributed by atoms with E-state index < -0.39 is 17.6 Å². The van der Waals surface area contributed by atoms with Gasteiger partial charge in [0.2, 0.25) is 0 Å². The van der Waals surface area contributed by atoms with Crippen molar-refractivity contribution in [3.63, 3.8) is 0 Å². The molecule has 1 saturated carbocycles. The van der Waals surface area contributed by atoms with Crippen molar-refractivity contribution in [1.82, 2.24) is 0 Å². The number of rotatable bonds is 1. The molecule has 0 aromatic heterocycles. The van der Waals surface area contributed by atoms with E-state index in [9.17, 15) is 13.2 Å². The zero-order valence-corrected chi connectivity index (χ0v) is 8.69. The van der Waals surface area contributed by atoms with E-state index in [2.05, 4.69) is 0 Å². The fourth-order valence-electron chi connectivity index (χ4n) is 2.50. The highest BCUT2D eigenvalue weighted by Crippen LogP contribution is 2.46. The third-order valence-electron chi connectivity index (χ3n) is 3.35. The van der Waals surface area contributed by atoms with E-state index >= 15 is 0 Å². The third-order valence-corrected chi connectivity index (χ3v) is 3.35. The van der Waals surface area contributed by atoms with E-state index in [-0.39, 0.29) is 12.3 Å². The molecule has 1 aliphatic rings. The van der Waals surface area contributed by atoms with Crippen LogP contribution in [0, 0.1) is 11.8 Å². The van der Waals surface area contributed by atoms with E-state index in [0.717, 1.165) is 6.42 Å². The molecule has 0 amide bonds. The van der Waals surface area contributed by atoms with Gasteiger partial charge < -0.3 is 5.73 Å². The molecular formula is C10H18F3N. The summed E-state index contributed by atoms with van der Waals surface area (Å²) in [5.74, 6) is -0.418. The van der Waals surface area contributed by atoms with Crippen molar-refractivity contribution in [2.45, 2.75) is 51.2 Å². The highest BCUT2D eigenvalue weighted by molar-refractivity contribution is 5.00. The molecule has 4 heteroatoms. The van der Waals surface area contributed by atoms with Crippen LogP contribution in [0.1, 0.15) is 39.5 Å². The van der Waals surface area contributed by atoms with Gasteiger partial charge in [0.1, 0.15) is 5.54 Å². The predicted octanol–water partition coefficient (Wildman–Crippen LogP) is 3.09. The van der Waals surface area contributed by atoms with Crippen LogP contribution in [0.5, 0.6) is 0 Å². The van der Waals surface area contributed by atoms with E-state index in [1.54, 1.807) is 0 Å². The van der Waals surface area contributed by atoms with Crippen LogP contribution in [0.3, 0.4) is 0 Å². The van der Waals surface area contributed by atoms with Gasteiger partial charge in [-0.3, -0.25) is 0 Å². The maximum Gasteiger partial charge on any atom is 0.406 e. The lowest BCUT2D eigenvalue weighted by molar-refractivity contribution is -0.213. The maximum absolute atomic E-state index is 12.8. The third kappa shape index (κ3) is 1.90. The summed E-state index contributed by atoms with van der Waals surface area (Å²) < 4.78 is 38.4. The molecule has 0 heterocycles. The Morgan fingerprint density at radius 3 is 2.21 bits per heavy atom. The molecule has 14 heavy (non-hydrogen) atoms. The van der Waals surface area contributed by atoms with Crippen molar-refractivity contribution < 1.29 is 13.2 Å². The van der Waals surface area contributed by atoms with Crippen LogP contribution >= 0.6 is 0 Å². The van der Waals surface area contributed by atoms with Gasteiger partial charge in [0.05, 0.1) is 0 Å². The molecule has 2 atom stereocenters. The predicted molar refractivity (Wildman–Crippen MR) is 49.8 cm³/mol. The minimum Gasteiger partial charge on any atom is -0.317 e. The van der Waals surface area contributed by atoms with E-state index in [1.165, 1.54) is 0 Å². The van der Waals surface area contributed by atoms with Gasteiger partial charge >= 0.3 is 6.18 Å². The summed E-state index contributed by atoms with van der Waals surface area (Å²) in [4.78, 5) is 0. The first-order valence-corrected chi connectivity index (χ1v) is 5.14. The molecular weight excluding hydrogens is 191 g/mol. The Kier molecular flexibility index (Phi) is 3.14. The fourth-order valence-corrected chi connectivity index (χ4v) is 2.50. The van der Waals surface area contributed by atoms with Gasteiger partial charge in [0.15, 0.2) is 0 Å². The zero-order chi connectivity index (χ0) is 11.0. The van der Waals surface area contributed by atoms with Crippen molar-refractivity contribution in [2.75, 3.05) is 0 Å². The average Bonchev–Trinajstić information content (AvgIpc) is 2.02. The molecule has 84 valence electrons. The van der Waals surface area contributed by atoms with Gasteiger partial charge in [-0.15, -0.1) is 0 Å². The number of nitrogens with two attached hydrogens (primary N) is 1. The van der Waals surface area contributed by atoms with Crippen molar-refractivity contribution in [3.05, 3.63) is 0 Å². The summed E-state index contributed by atoms with van der Waals surface area (Å²) in [6, 6.07) is 0. The van der Waals surface area contributed by atoms with Crippen molar-refractivity contribution in [2.24, 2.45) is 17.6 Å². The van der Waals surface area contributed by atoms with Gasteiger partial charge in [0, 0.05) is 0 Å². The monoisotopic (exact) mass is 209 g/mol. The lowest BCUT2D eigenvalue weighted by atomic mass is 9.68. The molecule has 0 aromatic carbocycles. The lowest BCUT2D eigenvalue weighted by Gasteiger charge is -2.44. The molecule has 1 fully saturated rings. The Morgan fingerprint density at radius 1 is 1.29 bits per heavy atom. The Hall–Kier alpha value is -0.250. The largest absolute Gasteiger partial charge is 0.406 e. The van der Waals surface area contributed by atoms with Crippen LogP contribution in [0.2, 0.25) is 0 Å². The molecule has 2 unspecified atom stereocenters. The Labute approximate surface area is 82.9 Å². The minimum atomic E-state index is -4.26. The summed E-state index contributed by atoms with van der Waals surface area (Å²) >= 11 is 0. The van der Waals surface area contributed by atoms with Crippen molar-refractivity contribution in [1.29, 1.82) is 0 Å². The summed E-state index contributed by atoms with van der Waals surface area (Å²) in [5.41, 5.74) is 3.61. The smallest absolute Gasteiger partial charge is 0.317 e. The lowest BCUT2D eigenvalue weighted by Crippen LogP contribution is -2.61. The summed E-state index contributed by atoms with van der Waals surface area (Å²) in [7, 11) is 0. The molecule has 0 saturated heterocycles. The van der Waals surface area contributed by atoms with Crippen LogP contribution in [0.15, 0.2) is 0 Å². The molecule has 0 bridgehead atoms. The van der Waals surface area contributed by atoms with Crippen LogP contribution in [-0.2, 0) is 0 Å². The van der Waals surface area contributed by atoms with Crippen LogP contribution in [0.4, 0.5) is 13.2 Å². The molecule has 0 aliphatic heterocycles. The Bertz CT molecular complexity index is 200. The molecule has 0 radical (unpaired) electrons. The number of halogens is 3. The quantitative estimate of drug-likeness (QED) is 0.705. The van der Waals surface area contributed by atoms with Crippen LogP contribution < -0.4 is 5.73 Å². The standard InChI is InChI=1S/C10H18F3N/c1-7(2)8-5-3-4-6-9(8,14)10(11,12)13/h7-8H,3-6,14H2,1-2H3. The van der Waals surface area contributed by atoms with Gasteiger partial charge in [-0.25, -0.2) is 0 Å². The number of hydrogen-bond acceptors (Lipinski definition) is 1. The SMILES string of the molecule is CC(C)C1CCCCC1(N)C(F)(F)F. The second-order valence-electron chi connectivity index (χ2n) is 4.63. The second kappa shape index (κ2) is 3.72. The normalized spacial score (nSPS) is 34.9. The van der Waals surface area contributed by atoms with Crippen LogP contribution in [0.25, 0.3) is 0 Å². The zero-order valence-electron chi connectivity index (χ0n) is 8.69. The number of alkyl halides is 3. The Morgan fingerprint density at radius 2 is 1.86 bits per heavy atom. The molecule has 0 spiro atoms. The van der Waals surface area contributed by atoms with Gasteiger partial charge in [-0.1, -0.05) is 26.7 Å². The number of hydrogen-bond donors (Lipinski definition) is 1. The first kappa shape index (κ1) is 11.8. The minimum absolute atomic E-state index is 0.00178. The topological polar surface area (TPSA) is 26.0 Å². The molecule has 0 aromatic rings. The summed E-state index contributed by atoms with van der Waals surface area (Å²) in [5, 5.41) is 0. The summed E-state index contributed by atoms with van der Waals surface area (Å²) in [6.45, 7) is 3.65. The van der Waals surface area contributed by atoms with E-state index in [4.69, 9.17) is 5.73 Å². The van der Waals surface area contributed by atoms with E-state index in [0.29, 0.717) is 12.8 Å². The van der Waals surface area contributed by atoms with E-state index in [1.807, 2.05) is 13.8 Å². The van der Waals surface area contributed by atoms with Gasteiger partial charge in [-0.2, -0.15) is 13.2 Å². The average molecular weight is 209 g/mol.